The highest BCUT2D eigenvalue weighted by atomic mass is 32.2. The summed E-state index contributed by atoms with van der Waals surface area (Å²) in [5, 5.41) is 8.84. The summed E-state index contributed by atoms with van der Waals surface area (Å²) in [6, 6.07) is -1.22. The third kappa shape index (κ3) is 6.04. The Kier molecular flexibility index (Phi) is 6.54. The van der Waals surface area contributed by atoms with Crippen molar-refractivity contribution in [1.29, 1.82) is 0 Å². The summed E-state index contributed by atoms with van der Waals surface area (Å²) in [6.07, 6.45) is 0.495. The van der Waals surface area contributed by atoms with Gasteiger partial charge in [0.15, 0.2) is 0 Å². The van der Waals surface area contributed by atoms with E-state index < -0.39 is 28.6 Å². The molecule has 1 atom stereocenters. The molecule has 0 saturated heterocycles. The molecule has 6 nitrogen and oxygen atoms in total. The Morgan fingerprint density at radius 2 is 2.00 bits per heavy atom. The van der Waals surface area contributed by atoms with Crippen LogP contribution in [-0.4, -0.2) is 45.0 Å². The molecule has 0 fully saturated rings. The number of sulfonamides is 1. The van der Waals surface area contributed by atoms with Gasteiger partial charge in [-0.1, -0.05) is 13.8 Å². The summed E-state index contributed by atoms with van der Waals surface area (Å²) in [7, 11) is -2.42. The zero-order valence-corrected chi connectivity index (χ0v) is 10.6. The van der Waals surface area contributed by atoms with E-state index in [1.165, 1.54) is 0 Å². The molecule has 2 N–H and O–H groups in total. The van der Waals surface area contributed by atoms with E-state index in [1.54, 1.807) is 0 Å². The maximum atomic E-state index is 11.5. The highest BCUT2D eigenvalue weighted by molar-refractivity contribution is 7.89. The van der Waals surface area contributed by atoms with Gasteiger partial charge in [0, 0.05) is 0 Å². The van der Waals surface area contributed by atoms with Crippen molar-refractivity contribution < 1.29 is 23.1 Å². The van der Waals surface area contributed by atoms with Gasteiger partial charge in [-0.2, -0.15) is 4.72 Å². The molecule has 0 aromatic carbocycles. The summed E-state index contributed by atoms with van der Waals surface area (Å²) in [5.74, 6) is -0.615. The van der Waals surface area contributed by atoms with Crippen molar-refractivity contribution in [2.24, 2.45) is 5.92 Å². The average molecular weight is 253 g/mol. The van der Waals surface area contributed by atoms with Gasteiger partial charge in [-0.05, 0) is 12.3 Å². The molecule has 0 heterocycles. The lowest BCUT2D eigenvalue weighted by Crippen LogP contribution is -2.44. The molecule has 0 spiro atoms. The van der Waals surface area contributed by atoms with Crippen LogP contribution in [0.4, 0.5) is 0 Å². The van der Waals surface area contributed by atoms with Crippen molar-refractivity contribution in [1.82, 2.24) is 4.72 Å². The van der Waals surface area contributed by atoms with Crippen LogP contribution in [0, 0.1) is 5.92 Å². The molecule has 0 rings (SSSR count). The van der Waals surface area contributed by atoms with E-state index in [0.29, 0.717) is 6.42 Å². The second kappa shape index (κ2) is 6.82. The molecule has 0 amide bonds. The minimum absolute atomic E-state index is 0.0713. The number of esters is 1. The standard InChI is InChI=1S/C9H19NO5S/c1-7(2)4-5-16(13,14)10-8(6-11)9(12)15-3/h7-8,10-11H,4-6H2,1-3H3. The topological polar surface area (TPSA) is 92.7 Å². The van der Waals surface area contributed by atoms with Gasteiger partial charge in [0.05, 0.1) is 19.5 Å². The smallest absolute Gasteiger partial charge is 0.326 e. The summed E-state index contributed by atoms with van der Waals surface area (Å²) in [5.41, 5.74) is 0. The summed E-state index contributed by atoms with van der Waals surface area (Å²) >= 11 is 0. The van der Waals surface area contributed by atoms with Crippen molar-refractivity contribution in [2.75, 3.05) is 19.5 Å². The van der Waals surface area contributed by atoms with Crippen LogP contribution in [0.5, 0.6) is 0 Å². The maximum Gasteiger partial charge on any atom is 0.326 e. The Morgan fingerprint density at radius 3 is 2.38 bits per heavy atom. The molecule has 0 bridgehead atoms. The van der Waals surface area contributed by atoms with Crippen LogP contribution in [0.1, 0.15) is 20.3 Å². The van der Waals surface area contributed by atoms with Crippen LogP contribution in [-0.2, 0) is 19.6 Å². The van der Waals surface area contributed by atoms with Crippen molar-refractivity contribution in [3.05, 3.63) is 0 Å². The average Bonchev–Trinajstić information content (AvgIpc) is 2.22. The maximum absolute atomic E-state index is 11.5. The Morgan fingerprint density at radius 1 is 1.44 bits per heavy atom. The quantitative estimate of drug-likeness (QED) is 0.596. The lowest BCUT2D eigenvalue weighted by atomic mass is 10.2. The van der Waals surface area contributed by atoms with Crippen LogP contribution in [0.2, 0.25) is 0 Å². The number of aliphatic hydroxyl groups is 1. The lowest BCUT2D eigenvalue weighted by Gasteiger charge is -2.14. The molecule has 0 aromatic heterocycles. The highest BCUT2D eigenvalue weighted by Gasteiger charge is 2.24. The Bertz CT molecular complexity index is 312. The number of carbonyl (C=O) groups excluding carboxylic acids is 1. The lowest BCUT2D eigenvalue weighted by molar-refractivity contribution is -0.143. The van der Waals surface area contributed by atoms with Crippen LogP contribution < -0.4 is 4.72 Å². The molecular formula is C9H19NO5S. The van der Waals surface area contributed by atoms with Crippen molar-refractivity contribution in [3.8, 4) is 0 Å². The Balaban J connectivity index is 4.38. The van der Waals surface area contributed by atoms with Crippen LogP contribution in [0.25, 0.3) is 0 Å². The number of hydrogen-bond donors (Lipinski definition) is 2. The van der Waals surface area contributed by atoms with Gasteiger partial charge in [0.2, 0.25) is 10.0 Å². The summed E-state index contributed by atoms with van der Waals surface area (Å²) in [4.78, 5) is 11.0. The van der Waals surface area contributed by atoms with Gasteiger partial charge in [0.1, 0.15) is 6.04 Å². The van der Waals surface area contributed by atoms with Crippen molar-refractivity contribution >= 4 is 16.0 Å². The molecule has 16 heavy (non-hydrogen) atoms. The molecule has 0 saturated carbocycles. The van der Waals surface area contributed by atoms with Gasteiger partial charge in [-0.15, -0.1) is 0 Å². The number of nitrogens with one attached hydrogen (secondary N) is 1. The summed E-state index contributed by atoms with van der Waals surface area (Å²) in [6.45, 7) is 3.19. The minimum atomic E-state index is -3.55. The van der Waals surface area contributed by atoms with E-state index in [9.17, 15) is 13.2 Å². The minimum Gasteiger partial charge on any atom is -0.468 e. The van der Waals surface area contributed by atoms with Gasteiger partial charge >= 0.3 is 5.97 Å². The SMILES string of the molecule is COC(=O)C(CO)NS(=O)(=O)CCC(C)C. The van der Waals surface area contributed by atoms with Gasteiger partial charge in [-0.3, -0.25) is 4.79 Å². The predicted molar refractivity (Wildman–Crippen MR) is 59.3 cm³/mol. The molecular weight excluding hydrogens is 234 g/mol. The second-order valence-electron chi connectivity index (χ2n) is 3.88. The molecule has 0 aliphatic heterocycles. The van der Waals surface area contributed by atoms with E-state index in [1.807, 2.05) is 13.8 Å². The number of methoxy groups -OCH3 is 1. The van der Waals surface area contributed by atoms with E-state index in [2.05, 4.69) is 9.46 Å². The van der Waals surface area contributed by atoms with Crippen molar-refractivity contribution in [2.45, 2.75) is 26.3 Å². The van der Waals surface area contributed by atoms with E-state index in [-0.39, 0.29) is 11.7 Å². The van der Waals surface area contributed by atoms with E-state index >= 15 is 0 Å². The normalized spacial score (nSPS) is 13.8. The van der Waals surface area contributed by atoms with E-state index in [0.717, 1.165) is 7.11 Å². The third-order valence-electron chi connectivity index (χ3n) is 1.95. The molecule has 0 aliphatic rings. The fraction of sp³-hybridized carbons (Fsp3) is 0.889. The van der Waals surface area contributed by atoms with Crippen molar-refractivity contribution in [3.63, 3.8) is 0 Å². The monoisotopic (exact) mass is 253 g/mol. The third-order valence-corrected chi connectivity index (χ3v) is 3.37. The molecule has 0 aliphatic carbocycles. The number of ether oxygens (including phenoxy) is 1. The molecule has 7 heteroatoms. The number of rotatable bonds is 7. The first-order valence-corrected chi connectivity index (χ1v) is 6.66. The number of hydrogen-bond acceptors (Lipinski definition) is 5. The van der Waals surface area contributed by atoms with Crippen LogP contribution in [0.15, 0.2) is 0 Å². The molecule has 0 radical (unpaired) electrons. The first kappa shape index (κ1) is 15.3. The summed E-state index contributed by atoms with van der Waals surface area (Å²) < 4.78 is 29.4. The highest BCUT2D eigenvalue weighted by Crippen LogP contribution is 2.02. The first-order valence-electron chi connectivity index (χ1n) is 5.01. The predicted octanol–water partition coefficient (Wildman–Crippen LogP) is -0.514. The van der Waals surface area contributed by atoms with Gasteiger partial charge in [0.25, 0.3) is 0 Å². The zero-order valence-electron chi connectivity index (χ0n) is 9.76. The first-order chi connectivity index (χ1) is 7.32. The van der Waals surface area contributed by atoms with Gasteiger partial charge in [-0.25, -0.2) is 8.42 Å². The molecule has 0 aromatic rings. The number of aliphatic hydroxyl groups excluding tert-OH is 1. The molecule has 96 valence electrons. The van der Waals surface area contributed by atoms with Gasteiger partial charge < -0.3 is 9.84 Å². The number of carbonyl (C=O) groups is 1. The Labute approximate surface area is 96.0 Å². The fourth-order valence-electron chi connectivity index (χ4n) is 0.969. The largest absolute Gasteiger partial charge is 0.468 e. The Hall–Kier alpha value is -0.660. The van der Waals surface area contributed by atoms with Crippen LogP contribution >= 0.6 is 0 Å². The van der Waals surface area contributed by atoms with Crippen LogP contribution in [0.3, 0.4) is 0 Å². The molecule has 1 unspecified atom stereocenters. The zero-order chi connectivity index (χ0) is 12.8. The van der Waals surface area contributed by atoms with E-state index in [4.69, 9.17) is 5.11 Å². The fourth-order valence-corrected chi connectivity index (χ4v) is 2.47. The second-order valence-corrected chi connectivity index (χ2v) is 5.75.